The van der Waals surface area contributed by atoms with Crippen molar-refractivity contribution in [2.45, 2.75) is 13.3 Å². The summed E-state index contributed by atoms with van der Waals surface area (Å²) in [5, 5.41) is 0. The van der Waals surface area contributed by atoms with E-state index < -0.39 is 6.36 Å². The number of hydrogen-bond donors (Lipinski definition) is 0. The Hall–Kier alpha value is -2.70. The number of nitrogens with zero attached hydrogens (tertiary/aromatic N) is 1. The molecule has 25 heavy (non-hydrogen) atoms. The molecule has 0 unspecified atom stereocenters. The average molecular weight is 351 g/mol. The molecule has 2 aromatic rings. The molecule has 1 aliphatic rings. The highest BCUT2D eigenvalue weighted by Crippen LogP contribution is 2.41. The number of alkyl halides is 3. The smallest absolute Gasteiger partial charge is 0.489 e. The van der Waals surface area contributed by atoms with Gasteiger partial charge in [0.2, 0.25) is 0 Å². The van der Waals surface area contributed by atoms with E-state index in [4.69, 9.17) is 4.74 Å². The maximum Gasteiger partial charge on any atom is 0.573 e. The zero-order valence-corrected chi connectivity index (χ0v) is 13.5. The van der Waals surface area contributed by atoms with Crippen molar-refractivity contribution < 1.29 is 27.4 Å². The summed E-state index contributed by atoms with van der Waals surface area (Å²) in [6.07, 6.45) is -4.75. The van der Waals surface area contributed by atoms with Crippen LogP contribution < -0.4 is 14.4 Å². The molecule has 1 aliphatic heterocycles. The molecule has 0 saturated carbocycles. The van der Waals surface area contributed by atoms with Crippen LogP contribution in [0, 0.1) is 0 Å². The van der Waals surface area contributed by atoms with Gasteiger partial charge in [-0.15, -0.1) is 13.2 Å². The molecule has 0 atom stereocenters. The summed E-state index contributed by atoms with van der Waals surface area (Å²) in [7, 11) is 0. The van der Waals surface area contributed by atoms with E-state index in [1.807, 2.05) is 11.0 Å². The van der Waals surface area contributed by atoms with Crippen molar-refractivity contribution >= 4 is 11.5 Å². The maximum atomic E-state index is 12.4. The van der Waals surface area contributed by atoms with Crippen LogP contribution in [0.15, 0.2) is 42.5 Å². The molecule has 0 amide bonds. The molecule has 3 rings (SSSR count). The van der Waals surface area contributed by atoms with Crippen LogP contribution in [-0.4, -0.2) is 31.8 Å². The highest BCUT2D eigenvalue weighted by molar-refractivity contribution is 5.85. The third-order valence-electron chi connectivity index (χ3n) is 3.73. The lowest BCUT2D eigenvalue weighted by molar-refractivity contribution is -0.274. The molecule has 0 aromatic heterocycles. The lowest BCUT2D eigenvalue weighted by Crippen LogP contribution is -2.36. The SMILES string of the molecule is CC(=O)CN1CCOc2c(-c3cccc(OC(F)(F)F)c3)cccc21. The number of ether oxygens (including phenoxy) is 2. The largest absolute Gasteiger partial charge is 0.573 e. The summed E-state index contributed by atoms with van der Waals surface area (Å²) in [4.78, 5) is 13.4. The van der Waals surface area contributed by atoms with Crippen LogP contribution in [-0.2, 0) is 4.79 Å². The molecule has 0 bridgehead atoms. The van der Waals surface area contributed by atoms with Crippen LogP contribution in [0.2, 0.25) is 0 Å². The number of benzene rings is 2. The Balaban J connectivity index is 1.99. The Kier molecular flexibility index (Phi) is 4.57. The lowest BCUT2D eigenvalue weighted by Gasteiger charge is -2.31. The molecular weight excluding hydrogens is 335 g/mol. The van der Waals surface area contributed by atoms with Crippen LogP contribution >= 0.6 is 0 Å². The van der Waals surface area contributed by atoms with Crippen LogP contribution in [0.25, 0.3) is 11.1 Å². The number of ketones is 1. The predicted octanol–water partition coefficient (Wildman–Crippen LogP) is 4.04. The van der Waals surface area contributed by atoms with E-state index in [2.05, 4.69) is 4.74 Å². The van der Waals surface area contributed by atoms with E-state index in [-0.39, 0.29) is 18.1 Å². The number of carbonyl (C=O) groups is 1. The van der Waals surface area contributed by atoms with E-state index in [1.165, 1.54) is 25.1 Å². The summed E-state index contributed by atoms with van der Waals surface area (Å²) in [6, 6.07) is 11.1. The number of rotatable bonds is 4. The van der Waals surface area contributed by atoms with Gasteiger partial charge in [-0.25, -0.2) is 0 Å². The second-order valence-corrected chi connectivity index (χ2v) is 5.70. The standard InChI is InChI=1S/C18H16F3NO3/c1-12(23)11-22-8-9-24-17-15(6-3-7-16(17)22)13-4-2-5-14(10-13)25-18(19,20)21/h2-7,10H,8-9,11H2,1H3. The van der Waals surface area contributed by atoms with Crippen LogP contribution in [0.3, 0.4) is 0 Å². The summed E-state index contributed by atoms with van der Waals surface area (Å²) in [6.45, 7) is 2.75. The van der Waals surface area contributed by atoms with Gasteiger partial charge in [0, 0.05) is 5.56 Å². The van der Waals surface area contributed by atoms with Gasteiger partial charge in [-0.3, -0.25) is 4.79 Å². The fourth-order valence-corrected chi connectivity index (χ4v) is 2.82. The van der Waals surface area contributed by atoms with Gasteiger partial charge in [-0.05, 0) is 30.7 Å². The number of hydrogen-bond acceptors (Lipinski definition) is 4. The Morgan fingerprint density at radius 3 is 2.72 bits per heavy atom. The topological polar surface area (TPSA) is 38.8 Å². The molecule has 0 radical (unpaired) electrons. The Labute approximate surface area is 142 Å². The van der Waals surface area contributed by atoms with Crippen molar-refractivity contribution in [1.29, 1.82) is 0 Å². The molecule has 0 fully saturated rings. The van der Waals surface area contributed by atoms with E-state index in [0.29, 0.717) is 30.0 Å². The molecule has 0 N–H and O–H groups in total. The Morgan fingerprint density at radius 1 is 1.24 bits per heavy atom. The molecule has 4 nitrogen and oxygen atoms in total. The average Bonchev–Trinajstić information content (AvgIpc) is 2.53. The zero-order valence-electron chi connectivity index (χ0n) is 13.5. The van der Waals surface area contributed by atoms with Crippen molar-refractivity contribution in [2.75, 3.05) is 24.6 Å². The minimum atomic E-state index is -4.75. The minimum Gasteiger partial charge on any atom is -0.489 e. The van der Waals surface area contributed by atoms with Crippen LogP contribution in [0.5, 0.6) is 11.5 Å². The van der Waals surface area contributed by atoms with E-state index >= 15 is 0 Å². The third-order valence-corrected chi connectivity index (χ3v) is 3.73. The number of para-hydroxylation sites is 1. The number of Topliss-reactive ketones (excluding diaryl/α,β-unsaturated/α-hetero) is 1. The van der Waals surface area contributed by atoms with Crippen molar-refractivity contribution in [1.82, 2.24) is 0 Å². The van der Waals surface area contributed by atoms with Crippen LogP contribution in [0.4, 0.5) is 18.9 Å². The molecule has 7 heteroatoms. The van der Waals surface area contributed by atoms with E-state index in [1.54, 1.807) is 18.2 Å². The first kappa shape index (κ1) is 17.1. The van der Waals surface area contributed by atoms with Gasteiger partial charge in [0.1, 0.15) is 18.1 Å². The second-order valence-electron chi connectivity index (χ2n) is 5.70. The Morgan fingerprint density at radius 2 is 2.00 bits per heavy atom. The third kappa shape index (κ3) is 4.04. The molecule has 1 heterocycles. The number of fused-ring (bicyclic) bond motifs is 1. The van der Waals surface area contributed by atoms with Crippen molar-refractivity contribution in [3.05, 3.63) is 42.5 Å². The van der Waals surface area contributed by atoms with Crippen molar-refractivity contribution in [3.8, 4) is 22.6 Å². The number of anilines is 1. The quantitative estimate of drug-likeness (QED) is 0.833. The highest BCUT2D eigenvalue weighted by atomic mass is 19.4. The van der Waals surface area contributed by atoms with E-state index in [0.717, 1.165) is 5.69 Å². The summed E-state index contributed by atoms with van der Waals surface area (Å²) in [5.74, 6) is 0.289. The molecule has 0 aliphatic carbocycles. The van der Waals surface area contributed by atoms with E-state index in [9.17, 15) is 18.0 Å². The van der Waals surface area contributed by atoms with Gasteiger partial charge in [0.05, 0.1) is 18.8 Å². The summed E-state index contributed by atoms with van der Waals surface area (Å²) < 4.78 is 47.0. The minimum absolute atomic E-state index is 0.0267. The molecule has 0 spiro atoms. The first-order chi connectivity index (χ1) is 11.8. The second kappa shape index (κ2) is 6.66. The van der Waals surface area contributed by atoms with Crippen LogP contribution in [0.1, 0.15) is 6.92 Å². The van der Waals surface area contributed by atoms with Gasteiger partial charge in [-0.1, -0.05) is 24.3 Å². The highest BCUT2D eigenvalue weighted by Gasteiger charge is 2.31. The zero-order chi connectivity index (χ0) is 18.0. The van der Waals surface area contributed by atoms with Gasteiger partial charge >= 0.3 is 6.36 Å². The predicted molar refractivity (Wildman–Crippen MR) is 87.0 cm³/mol. The summed E-state index contributed by atoms with van der Waals surface area (Å²) in [5.41, 5.74) is 1.95. The molecular formula is C18H16F3NO3. The Bertz CT molecular complexity index is 789. The first-order valence-electron chi connectivity index (χ1n) is 7.70. The molecule has 0 saturated heterocycles. The van der Waals surface area contributed by atoms with Crippen molar-refractivity contribution in [2.24, 2.45) is 0 Å². The summed E-state index contributed by atoms with van der Waals surface area (Å²) >= 11 is 0. The van der Waals surface area contributed by atoms with Gasteiger partial charge in [-0.2, -0.15) is 0 Å². The maximum absolute atomic E-state index is 12.4. The fraction of sp³-hybridized carbons (Fsp3) is 0.278. The normalized spacial score (nSPS) is 13.8. The monoisotopic (exact) mass is 351 g/mol. The van der Waals surface area contributed by atoms with Crippen molar-refractivity contribution in [3.63, 3.8) is 0 Å². The fourth-order valence-electron chi connectivity index (χ4n) is 2.82. The first-order valence-corrected chi connectivity index (χ1v) is 7.70. The lowest BCUT2D eigenvalue weighted by atomic mass is 10.0. The van der Waals surface area contributed by atoms with Gasteiger partial charge < -0.3 is 14.4 Å². The number of carbonyl (C=O) groups excluding carboxylic acids is 1. The molecule has 132 valence electrons. The number of halogens is 3. The molecule has 2 aromatic carbocycles. The van der Waals surface area contributed by atoms with Gasteiger partial charge in [0.25, 0.3) is 0 Å². The van der Waals surface area contributed by atoms with Gasteiger partial charge in [0.15, 0.2) is 5.75 Å².